The standard InChI is InChI=1S/C22H28F2N4/c1-25-22(26-11-10-19-14-20(23)8-9-21(19)24)27-15-17-4-6-18(7-5-17)16-28-12-2-3-13-28/h4-9,14H,2-3,10-13,15-16H2,1H3,(H2,25,26,27). The van der Waals surface area contributed by atoms with E-state index in [9.17, 15) is 8.78 Å². The van der Waals surface area contributed by atoms with E-state index in [1.54, 1.807) is 7.05 Å². The van der Waals surface area contributed by atoms with Gasteiger partial charge in [-0.2, -0.15) is 0 Å². The predicted octanol–water partition coefficient (Wildman–Crippen LogP) is 3.47. The average molecular weight is 386 g/mol. The van der Waals surface area contributed by atoms with E-state index < -0.39 is 5.82 Å². The van der Waals surface area contributed by atoms with Crippen molar-refractivity contribution in [1.82, 2.24) is 15.5 Å². The molecule has 1 aliphatic rings. The Labute approximate surface area is 165 Å². The summed E-state index contributed by atoms with van der Waals surface area (Å²) in [6.07, 6.45) is 3.00. The van der Waals surface area contributed by atoms with Crippen LogP contribution >= 0.6 is 0 Å². The molecule has 150 valence electrons. The molecule has 6 heteroatoms. The van der Waals surface area contributed by atoms with Gasteiger partial charge in [-0.1, -0.05) is 24.3 Å². The normalized spacial score (nSPS) is 15.0. The molecule has 0 atom stereocenters. The molecule has 1 aliphatic heterocycles. The molecule has 0 aromatic heterocycles. The Morgan fingerprint density at radius 3 is 2.43 bits per heavy atom. The fraction of sp³-hybridized carbons (Fsp3) is 0.409. The van der Waals surface area contributed by atoms with E-state index in [2.05, 4.69) is 44.8 Å². The van der Waals surface area contributed by atoms with Crippen molar-refractivity contribution in [3.63, 3.8) is 0 Å². The molecule has 1 heterocycles. The van der Waals surface area contributed by atoms with Crippen LogP contribution in [0.2, 0.25) is 0 Å². The monoisotopic (exact) mass is 386 g/mol. The third-order valence-electron chi connectivity index (χ3n) is 5.01. The van der Waals surface area contributed by atoms with E-state index in [4.69, 9.17) is 0 Å². The van der Waals surface area contributed by atoms with Crippen molar-refractivity contribution in [3.8, 4) is 0 Å². The molecule has 0 amide bonds. The largest absolute Gasteiger partial charge is 0.356 e. The second kappa shape index (κ2) is 10.2. The van der Waals surface area contributed by atoms with Crippen LogP contribution in [-0.2, 0) is 19.5 Å². The van der Waals surface area contributed by atoms with Gasteiger partial charge in [-0.3, -0.25) is 9.89 Å². The molecule has 28 heavy (non-hydrogen) atoms. The lowest BCUT2D eigenvalue weighted by atomic mass is 10.1. The third kappa shape index (κ3) is 6.02. The van der Waals surface area contributed by atoms with E-state index >= 15 is 0 Å². The van der Waals surface area contributed by atoms with Crippen LogP contribution in [0.4, 0.5) is 8.78 Å². The molecule has 0 radical (unpaired) electrons. The van der Waals surface area contributed by atoms with Crippen molar-refractivity contribution in [2.24, 2.45) is 4.99 Å². The zero-order valence-corrected chi connectivity index (χ0v) is 16.3. The highest BCUT2D eigenvalue weighted by Crippen LogP contribution is 2.13. The van der Waals surface area contributed by atoms with Crippen molar-refractivity contribution < 1.29 is 8.78 Å². The minimum Gasteiger partial charge on any atom is -0.356 e. The lowest BCUT2D eigenvalue weighted by Gasteiger charge is -2.15. The van der Waals surface area contributed by atoms with E-state index in [1.165, 1.54) is 43.1 Å². The van der Waals surface area contributed by atoms with Crippen LogP contribution in [-0.4, -0.2) is 37.5 Å². The number of nitrogens with zero attached hydrogens (tertiary/aromatic N) is 2. The smallest absolute Gasteiger partial charge is 0.191 e. The summed E-state index contributed by atoms with van der Waals surface area (Å²) in [5, 5.41) is 6.39. The highest BCUT2D eigenvalue weighted by molar-refractivity contribution is 5.79. The molecular weight excluding hydrogens is 358 g/mol. The van der Waals surface area contributed by atoms with Crippen LogP contribution in [0, 0.1) is 11.6 Å². The highest BCUT2D eigenvalue weighted by atomic mass is 19.1. The maximum atomic E-state index is 13.7. The van der Waals surface area contributed by atoms with Crippen LogP contribution in [0.1, 0.15) is 29.5 Å². The average Bonchev–Trinajstić information content (AvgIpc) is 3.21. The molecular formula is C22H28F2N4. The van der Waals surface area contributed by atoms with Crippen molar-refractivity contribution in [1.29, 1.82) is 0 Å². The van der Waals surface area contributed by atoms with E-state index in [0.29, 0.717) is 31.0 Å². The molecule has 2 N–H and O–H groups in total. The topological polar surface area (TPSA) is 39.7 Å². The van der Waals surface area contributed by atoms with Gasteiger partial charge in [0.25, 0.3) is 0 Å². The van der Waals surface area contributed by atoms with Crippen LogP contribution in [0.25, 0.3) is 0 Å². The van der Waals surface area contributed by atoms with Gasteiger partial charge in [0.1, 0.15) is 11.6 Å². The van der Waals surface area contributed by atoms with Crippen molar-refractivity contribution in [2.45, 2.75) is 32.4 Å². The summed E-state index contributed by atoms with van der Waals surface area (Å²) >= 11 is 0. The number of hydrogen-bond donors (Lipinski definition) is 2. The lowest BCUT2D eigenvalue weighted by Crippen LogP contribution is -2.37. The molecule has 4 nitrogen and oxygen atoms in total. The van der Waals surface area contributed by atoms with Crippen molar-refractivity contribution in [3.05, 3.63) is 70.8 Å². The first-order chi connectivity index (χ1) is 13.6. The summed E-state index contributed by atoms with van der Waals surface area (Å²) in [6, 6.07) is 12.1. The Balaban J connectivity index is 1.42. The van der Waals surface area contributed by atoms with Gasteiger partial charge < -0.3 is 10.6 Å². The van der Waals surface area contributed by atoms with Gasteiger partial charge in [-0.15, -0.1) is 0 Å². The minimum absolute atomic E-state index is 0.358. The predicted molar refractivity (Wildman–Crippen MR) is 109 cm³/mol. The van der Waals surface area contributed by atoms with Crippen molar-refractivity contribution >= 4 is 5.96 Å². The first-order valence-corrected chi connectivity index (χ1v) is 9.82. The quantitative estimate of drug-likeness (QED) is 0.565. The zero-order valence-electron chi connectivity index (χ0n) is 16.3. The van der Waals surface area contributed by atoms with Gasteiger partial charge in [0.2, 0.25) is 0 Å². The molecule has 0 saturated carbocycles. The zero-order chi connectivity index (χ0) is 19.8. The Morgan fingerprint density at radius 2 is 1.71 bits per heavy atom. The number of rotatable bonds is 7. The summed E-state index contributed by atoms with van der Waals surface area (Å²) in [5.41, 5.74) is 2.87. The number of halogens is 2. The highest BCUT2D eigenvalue weighted by Gasteiger charge is 2.11. The Bertz CT molecular complexity index is 784. The number of aliphatic imine (C=N–C) groups is 1. The summed E-state index contributed by atoms with van der Waals surface area (Å²) in [7, 11) is 1.69. The van der Waals surface area contributed by atoms with Crippen LogP contribution in [0.5, 0.6) is 0 Å². The maximum Gasteiger partial charge on any atom is 0.191 e. The molecule has 3 rings (SSSR count). The lowest BCUT2D eigenvalue weighted by molar-refractivity contribution is 0.331. The van der Waals surface area contributed by atoms with Crippen LogP contribution in [0.3, 0.4) is 0 Å². The molecule has 2 aromatic carbocycles. The van der Waals surface area contributed by atoms with Crippen LogP contribution in [0.15, 0.2) is 47.5 Å². The summed E-state index contributed by atoms with van der Waals surface area (Å²) in [5.74, 6) is -0.176. The van der Waals surface area contributed by atoms with Gasteiger partial charge >= 0.3 is 0 Å². The molecule has 0 spiro atoms. The summed E-state index contributed by atoms with van der Waals surface area (Å²) < 4.78 is 26.9. The number of hydrogen-bond acceptors (Lipinski definition) is 2. The summed E-state index contributed by atoms with van der Waals surface area (Å²) in [4.78, 5) is 6.67. The third-order valence-corrected chi connectivity index (χ3v) is 5.01. The van der Waals surface area contributed by atoms with E-state index in [1.807, 2.05) is 0 Å². The van der Waals surface area contributed by atoms with E-state index in [-0.39, 0.29) is 5.82 Å². The molecule has 0 unspecified atom stereocenters. The Hall–Kier alpha value is -2.47. The second-order valence-electron chi connectivity index (χ2n) is 7.14. The van der Waals surface area contributed by atoms with Gasteiger partial charge in [-0.05, 0) is 67.2 Å². The SMILES string of the molecule is CN=C(NCCc1cc(F)ccc1F)NCc1ccc(CN2CCCC2)cc1. The van der Waals surface area contributed by atoms with Crippen LogP contribution < -0.4 is 10.6 Å². The Kier molecular flexibility index (Phi) is 7.37. The fourth-order valence-electron chi connectivity index (χ4n) is 3.42. The summed E-state index contributed by atoms with van der Waals surface area (Å²) in [6.45, 7) is 4.54. The molecule has 2 aromatic rings. The number of guanidine groups is 1. The number of benzene rings is 2. The Morgan fingerprint density at radius 1 is 1.00 bits per heavy atom. The van der Waals surface area contributed by atoms with Gasteiger partial charge in [0.05, 0.1) is 0 Å². The first kappa shape index (κ1) is 20.3. The van der Waals surface area contributed by atoms with Crippen molar-refractivity contribution in [2.75, 3.05) is 26.7 Å². The first-order valence-electron chi connectivity index (χ1n) is 9.82. The molecule has 1 saturated heterocycles. The minimum atomic E-state index is -0.424. The molecule has 1 fully saturated rings. The van der Waals surface area contributed by atoms with Gasteiger partial charge in [0, 0.05) is 26.7 Å². The molecule has 0 bridgehead atoms. The second-order valence-corrected chi connectivity index (χ2v) is 7.14. The van der Waals surface area contributed by atoms with E-state index in [0.717, 1.165) is 18.7 Å². The fourth-order valence-corrected chi connectivity index (χ4v) is 3.42. The van der Waals surface area contributed by atoms with Gasteiger partial charge in [-0.25, -0.2) is 8.78 Å². The maximum absolute atomic E-state index is 13.7. The molecule has 0 aliphatic carbocycles. The number of likely N-dealkylation sites (tertiary alicyclic amines) is 1. The number of nitrogens with one attached hydrogen (secondary N) is 2. The van der Waals surface area contributed by atoms with Gasteiger partial charge in [0.15, 0.2) is 5.96 Å².